The molecule has 1 aromatic rings. The number of aliphatic hydroxyl groups is 1. The molecule has 1 N–H and O–H groups in total. The van der Waals surface area contributed by atoms with Crippen molar-refractivity contribution in [3.05, 3.63) is 29.3 Å². The minimum Gasteiger partial charge on any atom is -0.494 e. The maximum Gasteiger partial charge on any atom is 0.124 e. The van der Waals surface area contributed by atoms with E-state index in [-0.39, 0.29) is 6.61 Å². The van der Waals surface area contributed by atoms with Gasteiger partial charge in [0.1, 0.15) is 5.75 Å². The molecule has 0 spiro atoms. The van der Waals surface area contributed by atoms with E-state index in [9.17, 15) is 0 Å². The lowest BCUT2D eigenvalue weighted by atomic mass is 10.1. The lowest BCUT2D eigenvalue weighted by molar-refractivity contribution is 0.267. The predicted molar refractivity (Wildman–Crippen MR) is 56.2 cm³/mol. The second kappa shape index (κ2) is 5.14. The van der Waals surface area contributed by atoms with E-state index in [1.165, 1.54) is 0 Å². The van der Waals surface area contributed by atoms with E-state index in [1.54, 1.807) is 0 Å². The molecule has 0 heterocycles. The fourth-order valence-electron chi connectivity index (χ4n) is 1.15. The van der Waals surface area contributed by atoms with E-state index in [2.05, 4.69) is 12.6 Å². The molecule has 2 nitrogen and oxygen atoms in total. The monoisotopic (exact) mass is 198 g/mol. The molecule has 0 aliphatic rings. The van der Waals surface area contributed by atoms with Crippen LogP contribution in [0.25, 0.3) is 0 Å². The molecule has 0 unspecified atom stereocenters. The van der Waals surface area contributed by atoms with Crippen molar-refractivity contribution in [3.63, 3.8) is 0 Å². The first kappa shape index (κ1) is 10.4. The Hall–Kier alpha value is -0.670. The zero-order chi connectivity index (χ0) is 9.68. The van der Waals surface area contributed by atoms with E-state index in [4.69, 9.17) is 9.84 Å². The highest BCUT2D eigenvalue weighted by Crippen LogP contribution is 2.20. The molecule has 1 rings (SSSR count). The van der Waals surface area contributed by atoms with Gasteiger partial charge in [-0.15, -0.1) is 0 Å². The van der Waals surface area contributed by atoms with Gasteiger partial charge in [0, 0.05) is 11.3 Å². The van der Waals surface area contributed by atoms with E-state index < -0.39 is 0 Å². The van der Waals surface area contributed by atoms with Gasteiger partial charge in [0.15, 0.2) is 0 Å². The molecule has 0 radical (unpaired) electrons. The Bertz CT molecular complexity index is 274. The van der Waals surface area contributed by atoms with E-state index in [0.717, 1.165) is 16.9 Å². The summed E-state index contributed by atoms with van der Waals surface area (Å²) in [5.74, 6) is 1.44. The van der Waals surface area contributed by atoms with Crippen molar-refractivity contribution >= 4 is 12.6 Å². The van der Waals surface area contributed by atoms with Gasteiger partial charge in [-0.2, -0.15) is 12.6 Å². The number of hydrogen-bond donors (Lipinski definition) is 2. The van der Waals surface area contributed by atoms with E-state index in [0.29, 0.717) is 12.4 Å². The van der Waals surface area contributed by atoms with Crippen LogP contribution in [0, 0.1) is 0 Å². The highest BCUT2D eigenvalue weighted by atomic mass is 32.1. The van der Waals surface area contributed by atoms with Gasteiger partial charge in [0.05, 0.1) is 13.2 Å². The van der Waals surface area contributed by atoms with Crippen LogP contribution >= 0.6 is 12.6 Å². The Labute approximate surface area is 84.0 Å². The van der Waals surface area contributed by atoms with E-state index >= 15 is 0 Å². The summed E-state index contributed by atoms with van der Waals surface area (Å²) in [6, 6.07) is 5.75. The van der Waals surface area contributed by atoms with Gasteiger partial charge in [-0.3, -0.25) is 0 Å². The van der Waals surface area contributed by atoms with Gasteiger partial charge in [0.2, 0.25) is 0 Å². The van der Waals surface area contributed by atoms with Crippen LogP contribution < -0.4 is 4.74 Å². The van der Waals surface area contributed by atoms with Crippen molar-refractivity contribution in [2.24, 2.45) is 0 Å². The Balaban J connectivity index is 2.93. The second-order valence-electron chi connectivity index (χ2n) is 2.69. The SMILES string of the molecule is CCOc1ccc(CS)cc1CO. The molecular weight excluding hydrogens is 184 g/mol. The fraction of sp³-hybridized carbons (Fsp3) is 0.400. The predicted octanol–water partition coefficient (Wildman–Crippen LogP) is 2.01. The number of thiol groups is 1. The van der Waals surface area contributed by atoms with Gasteiger partial charge >= 0.3 is 0 Å². The number of hydrogen-bond acceptors (Lipinski definition) is 3. The summed E-state index contributed by atoms with van der Waals surface area (Å²) < 4.78 is 5.34. The average Bonchev–Trinajstić information content (AvgIpc) is 2.19. The molecule has 0 atom stereocenters. The maximum absolute atomic E-state index is 9.06. The Morgan fingerprint density at radius 1 is 1.46 bits per heavy atom. The summed E-state index contributed by atoms with van der Waals surface area (Å²) in [7, 11) is 0. The first-order chi connectivity index (χ1) is 6.31. The van der Waals surface area contributed by atoms with Crippen LogP contribution in [0.4, 0.5) is 0 Å². The van der Waals surface area contributed by atoms with Crippen molar-refractivity contribution in [1.82, 2.24) is 0 Å². The van der Waals surface area contributed by atoms with Crippen LogP contribution in [0.15, 0.2) is 18.2 Å². The van der Waals surface area contributed by atoms with Crippen LogP contribution in [0.5, 0.6) is 5.75 Å². The van der Waals surface area contributed by atoms with Gasteiger partial charge < -0.3 is 9.84 Å². The largest absolute Gasteiger partial charge is 0.494 e. The quantitative estimate of drug-likeness (QED) is 0.725. The number of aliphatic hydroxyl groups excluding tert-OH is 1. The van der Waals surface area contributed by atoms with Crippen molar-refractivity contribution in [2.75, 3.05) is 6.61 Å². The molecule has 0 saturated carbocycles. The molecule has 0 fully saturated rings. The third kappa shape index (κ3) is 2.64. The van der Waals surface area contributed by atoms with E-state index in [1.807, 2.05) is 25.1 Å². The zero-order valence-electron chi connectivity index (χ0n) is 7.66. The summed E-state index contributed by atoms with van der Waals surface area (Å²) >= 11 is 4.16. The molecule has 0 aliphatic heterocycles. The van der Waals surface area contributed by atoms with Gasteiger partial charge in [-0.1, -0.05) is 6.07 Å². The smallest absolute Gasteiger partial charge is 0.124 e. The number of benzene rings is 1. The van der Waals surface area contributed by atoms with Crippen molar-refractivity contribution in [2.45, 2.75) is 19.3 Å². The Kier molecular flexibility index (Phi) is 4.12. The third-order valence-electron chi connectivity index (χ3n) is 1.78. The molecule has 0 bridgehead atoms. The van der Waals surface area contributed by atoms with Crippen molar-refractivity contribution in [3.8, 4) is 5.75 Å². The average molecular weight is 198 g/mol. The molecule has 0 aliphatic carbocycles. The van der Waals surface area contributed by atoms with Gasteiger partial charge in [-0.25, -0.2) is 0 Å². The first-order valence-electron chi connectivity index (χ1n) is 4.28. The normalized spacial score (nSPS) is 10.1. The summed E-state index contributed by atoms with van der Waals surface area (Å²) in [4.78, 5) is 0. The lowest BCUT2D eigenvalue weighted by Crippen LogP contribution is -1.97. The Morgan fingerprint density at radius 2 is 2.23 bits per heavy atom. The van der Waals surface area contributed by atoms with Crippen LogP contribution in [0.1, 0.15) is 18.1 Å². The molecule has 72 valence electrons. The molecule has 1 aromatic carbocycles. The van der Waals surface area contributed by atoms with Crippen LogP contribution in [0.3, 0.4) is 0 Å². The van der Waals surface area contributed by atoms with Crippen LogP contribution in [-0.2, 0) is 12.4 Å². The van der Waals surface area contributed by atoms with Gasteiger partial charge in [0.25, 0.3) is 0 Å². The lowest BCUT2D eigenvalue weighted by Gasteiger charge is -2.09. The second-order valence-corrected chi connectivity index (χ2v) is 3.01. The van der Waals surface area contributed by atoms with Crippen LogP contribution in [0.2, 0.25) is 0 Å². The standard InChI is InChI=1S/C10H14O2S/c1-2-12-10-4-3-8(7-13)5-9(10)6-11/h3-5,11,13H,2,6-7H2,1H3. The molecule has 0 saturated heterocycles. The summed E-state index contributed by atoms with van der Waals surface area (Å²) in [6.45, 7) is 2.55. The molecule has 0 aromatic heterocycles. The molecule has 13 heavy (non-hydrogen) atoms. The summed E-state index contributed by atoms with van der Waals surface area (Å²) in [5, 5.41) is 9.06. The first-order valence-corrected chi connectivity index (χ1v) is 4.91. The van der Waals surface area contributed by atoms with Gasteiger partial charge in [-0.05, 0) is 24.6 Å². The summed E-state index contributed by atoms with van der Waals surface area (Å²) in [6.07, 6.45) is 0. The topological polar surface area (TPSA) is 29.5 Å². The minimum absolute atomic E-state index is 0.0109. The van der Waals surface area contributed by atoms with Crippen molar-refractivity contribution < 1.29 is 9.84 Å². The molecular formula is C10H14O2S. The molecule has 0 amide bonds. The fourth-order valence-corrected chi connectivity index (χ4v) is 1.35. The molecule has 3 heteroatoms. The number of rotatable bonds is 4. The third-order valence-corrected chi connectivity index (χ3v) is 2.14. The minimum atomic E-state index is 0.0109. The highest BCUT2D eigenvalue weighted by molar-refractivity contribution is 7.79. The van der Waals surface area contributed by atoms with Crippen molar-refractivity contribution in [1.29, 1.82) is 0 Å². The summed E-state index contributed by atoms with van der Waals surface area (Å²) in [5.41, 5.74) is 1.92. The maximum atomic E-state index is 9.06. The zero-order valence-corrected chi connectivity index (χ0v) is 8.55. The number of ether oxygens (including phenoxy) is 1. The Morgan fingerprint density at radius 3 is 2.77 bits per heavy atom. The highest BCUT2D eigenvalue weighted by Gasteiger charge is 2.02. The van der Waals surface area contributed by atoms with Crippen LogP contribution in [-0.4, -0.2) is 11.7 Å².